The number of benzene rings is 1. The number of fused-ring (bicyclic) bond motifs is 3. The molecule has 0 amide bonds. The van der Waals surface area contributed by atoms with Crippen LogP contribution in [0, 0.1) is 0 Å². The van der Waals surface area contributed by atoms with Gasteiger partial charge in [0.25, 0.3) is 0 Å². The van der Waals surface area contributed by atoms with Crippen molar-refractivity contribution in [1.82, 2.24) is 5.32 Å². The molecule has 2 nitrogen and oxygen atoms in total. The Morgan fingerprint density at radius 2 is 1.93 bits per heavy atom. The minimum Gasteiger partial charge on any atom is -0.381 e. The molecular weight excluding hydrogens is 172 g/mol. The van der Waals surface area contributed by atoms with Crippen LogP contribution in [0.25, 0.3) is 0 Å². The van der Waals surface area contributed by atoms with Crippen LogP contribution < -0.4 is 10.6 Å². The fourth-order valence-corrected chi connectivity index (χ4v) is 2.74. The Bertz CT molecular complexity index is 335. The molecule has 14 heavy (non-hydrogen) atoms. The largest absolute Gasteiger partial charge is 0.381 e. The molecule has 2 heteroatoms. The normalized spacial score (nSPS) is 30.0. The van der Waals surface area contributed by atoms with Crippen molar-refractivity contribution in [3.8, 4) is 0 Å². The molecule has 1 saturated heterocycles. The summed E-state index contributed by atoms with van der Waals surface area (Å²) in [4.78, 5) is 0. The van der Waals surface area contributed by atoms with Crippen molar-refractivity contribution < 1.29 is 0 Å². The van der Waals surface area contributed by atoms with Gasteiger partial charge in [0.15, 0.2) is 0 Å². The smallest absolute Gasteiger partial charge is 0.0378 e. The zero-order valence-electron chi connectivity index (χ0n) is 8.29. The van der Waals surface area contributed by atoms with Crippen molar-refractivity contribution >= 4 is 5.69 Å². The van der Waals surface area contributed by atoms with Gasteiger partial charge in [0.05, 0.1) is 0 Å². The maximum Gasteiger partial charge on any atom is 0.0378 e. The lowest BCUT2D eigenvalue weighted by Crippen LogP contribution is -2.21. The average molecular weight is 188 g/mol. The van der Waals surface area contributed by atoms with Gasteiger partial charge in [0.1, 0.15) is 0 Å². The second-order valence-electron chi connectivity index (χ2n) is 4.27. The molecule has 0 radical (unpaired) electrons. The Hall–Kier alpha value is -1.02. The Morgan fingerprint density at radius 3 is 2.93 bits per heavy atom. The average Bonchev–Trinajstić information content (AvgIpc) is 2.42. The van der Waals surface area contributed by atoms with Gasteiger partial charge in [-0.3, -0.25) is 0 Å². The summed E-state index contributed by atoms with van der Waals surface area (Å²) < 4.78 is 0. The summed E-state index contributed by atoms with van der Waals surface area (Å²) in [6.45, 7) is 2.32. The second-order valence-corrected chi connectivity index (χ2v) is 4.27. The minimum atomic E-state index is 0.669. The maximum atomic E-state index is 3.64. The van der Waals surface area contributed by atoms with Gasteiger partial charge in [0, 0.05) is 17.6 Å². The summed E-state index contributed by atoms with van der Waals surface area (Å²) in [5.74, 6) is 0.737. The van der Waals surface area contributed by atoms with Crippen LogP contribution in [0.4, 0.5) is 5.69 Å². The lowest BCUT2D eigenvalue weighted by molar-refractivity contribution is 0.578. The van der Waals surface area contributed by atoms with Gasteiger partial charge in [-0.15, -0.1) is 0 Å². The molecule has 2 N–H and O–H groups in total. The molecule has 1 aromatic carbocycles. The van der Waals surface area contributed by atoms with Crippen molar-refractivity contribution in [3.63, 3.8) is 0 Å². The van der Waals surface area contributed by atoms with E-state index in [-0.39, 0.29) is 0 Å². The van der Waals surface area contributed by atoms with Gasteiger partial charge in [-0.25, -0.2) is 0 Å². The van der Waals surface area contributed by atoms with Crippen molar-refractivity contribution in [2.45, 2.75) is 24.8 Å². The highest BCUT2D eigenvalue weighted by Crippen LogP contribution is 2.39. The first kappa shape index (κ1) is 8.30. The molecule has 2 atom stereocenters. The molecular formula is C12H16N2. The van der Waals surface area contributed by atoms with Gasteiger partial charge < -0.3 is 10.6 Å². The van der Waals surface area contributed by atoms with Crippen molar-refractivity contribution in [1.29, 1.82) is 0 Å². The van der Waals surface area contributed by atoms with E-state index in [4.69, 9.17) is 0 Å². The van der Waals surface area contributed by atoms with Crippen molar-refractivity contribution in [2.24, 2.45) is 0 Å². The first-order valence-electron chi connectivity index (χ1n) is 5.51. The van der Waals surface area contributed by atoms with Crippen LogP contribution in [0.15, 0.2) is 24.3 Å². The van der Waals surface area contributed by atoms with Gasteiger partial charge in [0.2, 0.25) is 0 Å². The highest BCUT2D eigenvalue weighted by Gasteiger charge is 2.31. The first-order chi connectivity index (χ1) is 6.95. The second kappa shape index (κ2) is 3.28. The van der Waals surface area contributed by atoms with E-state index in [9.17, 15) is 0 Å². The van der Waals surface area contributed by atoms with Crippen LogP contribution in [0.1, 0.15) is 24.3 Å². The molecule has 0 saturated carbocycles. The summed E-state index contributed by atoms with van der Waals surface area (Å²) in [7, 11) is 0. The third-order valence-corrected chi connectivity index (χ3v) is 3.45. The molecule has 0 aliphatic carbocycles. The van der Waals surface area contributed by atoms with E-state index in [0.29, 0.717) is 6.04 Å². The highest BCUT2D eigenvalue weighted by molar-refractivity contribution is 5.59. The summed E-state index contributed by atoms with van der Waals surface area (Å²) in [6.07, 6.45) is 2.52. The molecule has 2 aliphatic heterocycles. The van der Waals surface area contributed by atoms with E-state index >= 15 is 0 Å². The number of hydrogen-bond acceptors (Lipinski definition) is 2. The molecule has 74 valence electrons. The number of hydrogen-bond donors (Lipinski definition) is 2. The van der Waals surface area contributed by atoms with E-state index in [1.165, 1.54) is 24.1 Å². The predicted octanol–water partition coefficient (Wildman–Crippen LogP) is 1.95. The van der Waals surface area contributed by atoms with Gasteiger partial charge in [-0.2, -0.15) is 0 Å². The van der Waals surface area contributed by atoms with E-state index in [1.807, 2.05) is 0 Å². The molecule has 3 rings (SSSR count). The molecule has 1 fully saturated rings. The summed E-state index contributed by atoms with van der Waals surface area (Å²) in [5, 5.41) is 7.10. The van der Waals surface area contributed by atoms with Gasteiger partial charge >= 0.3 is 0 Å². The monoisotopic (exact) mass is 188 g/mol. The van der Waals surface area contributed by atoms with E-state index in [1.54, 1.807) is 0 Å². The number of nitrogens with one attached hydrogen (secondary N) is 2. The topological polar surface area (TPSA) is 24.1 Å². The SMILES string of the molecule is c1ccc2c(c1)N[C@H]1CCNCC[C@@H]21. The molecule has 1 aromatic rings. The fourth-order valence-electron chi connectivity index (χ4n) is 2.74. The van der Waals surface area contributed by atoms with Gasteiger partial charge in [-0.1, -0.05) is 18.2 Å². The molecule has 0 aromatic heterocycles. The Labute approximate surface area is 84.7 Å². The van der Waals surface area contributed by atoms with Crippen LogP contribution in [-0.2, 0) is 0 Å². The molecule has 0 spiro atoms. The predicted molar refractivity (Wildman–Crippen MR) is 58.7 cm³/mol. The zero-order chi connectivity index (χ0) is 9.38. The third-order valence-electron chi connectivity index (χ3n) is 3.45. The fraction of sp³-hybridized carbons (Fsp3) is 0.500. The Morgan fingerprint density at radius 1 is 1.07 bits per heavy atom. The summed E-state index contributed by atoms with van der Waals surface area (Å²) >= 11 is 0. The van der Waals surface area contributed by atoms with Crippen LogP contribution in [0.3, 0.4) is 0 Å². The van der Waals surface area contributed by atoms with Crippen LogP contribution in [0.5, 0.6) is 0 Å². The van der Waals surface area contributed by atoms with E-state index in [0.717, 1.165) is 19.0 Å². The van der Waals surface area contributed by atoms with Crippen LogP contribution in [-0.4, -0.2) is 19.1 Å². The number of para-hydroxylation sites is 1. The van der Waals surface area contributed by atoms with Gasteiger partial charge in [-0.05, 0) is 37.6 Å². The number of anilines is 1. The van der Waals surface area contributed by atoms with Crippen molar-refractivity contribution in [3.05, 3.63) is 29.8 Å². The molecule has 2 aliphatic rings. The standard InChI is InChI=1S/C12H16N2/c1-2-4-11-9(3-1)10-5-7-13-8-6-12(10)14-11/h1-4,10,12-14H,5-8H2/t10-,12-/m0/s1. The van der Waals surface area contributed by atoms with Crippen LogP contribution in [0.2, 0.25) is 0 Å². The minimum absolute atomic E-state index is 0.669. The quantitative estimate of drug-likeness (QED) is 0.650. The Kier molecular flexibility index (Phi) is 1.95. The lowest BCUT2D eigenvalue weighted by Gasteiger charge is -2.15. The van der Waals surface area contributed by atoms with Crippen molar-refractivity contribution in [2.75, 3.05) is 18.4 Å². The Balaban J connectivity index is 1.96. The highest BCUT2D eigenvalue weighted by atomic mass is 15.0. The zero-order valence-corrected chi connectivity index (χ0v) is 8.29. The summed E-state index contributed by atoms with van der Waals surface area (Å²) in [5.41, 5.74) is 2.89. The van der Waals surface area contributed by atoms with E-state index in [2.05, 4.69) is 34.9 Å². The van der Waals surface area contributed by atoms with E-state index < -0.39 is 0 Å². The maximum absolute atomic E-state index is 3.64. The molecule has 0 unspecified atom stereocenters. The lowest BCUT2D eigenvalue weighted by atomic mass is 9.91. The summed E-state index contributed by atoms with van der Waals surface area (Å²) in [6, 6.07) is 9.43. The first-order valence-corrected chi connectivity index (χ1v) is 5.51. The number of rotatable bonds is 0. The molecule has 2 heterocycles. The molecule has 0 bridgehead atoms. The van der Waals surface area contributed by atoms with Crippen LogP contribution >= 0.6 is 0 Å². The third kappa shape index (κ3) is 1.22.